The molecule has 0 bridgehead atoms. The standard InChI is InChI=1S/C22H13ClFN3/c23-14-4-6-20(24)19(10-14)21-11-18(17-2-1-8-26-22(17)27-21)16-5-3-13-12-25-9-7-15(13)16/h1-2,4-12H,3H2. The zero-order chi connectivity index (χ0) is 18.4. The smallest absolute Gasteiger partial charge is 0.160 e. The van der Waals surface area contributed by atoms with Gasteiger partial charge in [-0.15, -0.1) is 0 Å². The number of allylic oxidation sites excluding steroid dienone is 1. The van der Waals surface area contributed by atoms with Gasteiger partial charge in [-0.25, -0.2) is 14.4 Å². The molecule has 0 amide bonds. The molecule has 0 fully saturated rings. The topological polar surface area (TPSA) is 38.7 Å². The van der Waals surface area contributed by atoms with Gasteiger partial charge in [0.25, 0.3) is 0 Å². The van der Waals surface area contributed by atoms with Crippen molar-refractivity contribution in [1.82, 2.24) is 15.0 Å². The van der Waals surface area contributed by atoms with Crippen LogP contribution in [-0.2, 0) is 6.42 Å². The highest BCUT2D eigenvalue weighted by Gasteiger charge is 2.20. The van der Waals surface area contributed by atoms with Gasteiger partial charge in [0.05, 0.1) is 5.69 Å². The fraction of sp³-hybridized carbons (Fsp3) is 0.0455. The van der Waals surface area contributed by atoms with Crippen molar-refractivity contribution in [2.45, 2.75) is 6.42 Å². The summed E-state index contributed by atoms with van der Waals surface area (Å²) < 4.78 is 14.5. The van der Waals surface area contributed by atoms with Crippen molar-refractivity contribution in [2.75, 3.05) is 0 Å². The third-order valence-corrected chi connectivity index (χ3v) is 5.03. The summed E-state index contributed by atoms with van der Waals surface area (Å²) in [7, 11) is 0. The third kappa shape index (κ3) is 2.69. The fourth-order valence-electron chi connectivity index (χ4n) is 3.54. The normalized spacial score (nSPS) is 12.9. The quantitative estimate of drug-likeness (QED) is 0.467. The molecule has 3 heterocycles. The molecule has 4 aromatic rings. The highest BCUT2D eigenvalue weighted by atomic mass is 35.5. The number of pyridine rings is 3. The molecule has 1 aliphatic carbocycles. The third-order valence-electron chi connectivity index (χ3n) is 4.80. The van der Waals surface area contributed by atoms with E-state index in [1.54, 1.807) is 18.5 Å². The first-order valence-corrected chi connectivity index (χ1v) is 8.93. The Morgan fingerprint density at radius 1 is 0.963 bits per heavy atom. The van der Waals surface area contributed by atoms with Crippen molar-refractivity contribution < 1.29 is 4.39 Å². The summed E-state index contributed by atoms with van der Waals surface area (Å²) in [5.74, 6) is -0.363. The van der Waals surface area contributed by atoms with E-state index in [0.29, 0.717) is 21.9 Å². The maximum Gasteiger partial charge on any atom is 0.160 e. The molecule has 27 heavy (non-hydrogen) atoms. The summed E-state index contributed by atoms with van der Waals surface area (Å²) in [6.07, 6.45) is 8.36. The zero-order valence-electron chi connectivity index (χ0n) is 14.2. The van der Waals surface area contributed by atoms with Gasteiger partial charge in [0.1, 0.15) is 5.82 Å². The molecule has 130 valence electrons. The zero-order valence-corrected chi connectivity index (χ0v) is 14.9. The highest BCUT2D eigenvalue weighted by molar-refractivity contribution is 6.30. The summed E-state index contributed by atoms with van der Waals surface area (Å²) in [4.78, 5) is 13.2. The second-order valence-electron chi connectivity index (χ2n) is 6.41. The first-order chi connectivity index (χ1) is 13.2. The van der Waals surface area contributed by atoms with Crippen LogP contribution in [-0.4, -0.2) is 15.0 Å². The lowest BCUT2D eigenvalue weighted by Crippen LogP contribution is -1.96. The van der Waals surface area contributed by atoms with Gasteiger partial charge in [-0.1, -0.05) is 17.7 Å². The van der Waals surface area contributed by atoms with E-state index in [9.17, 15) is 4.39 Å². The molecule has 0 saturated carbocycles. The van der Waals surface area contributed by atoms with Crippen LogP contribution in [0.5, 0.6) is 0 Å². The Labute approximate surface area is 160 Å². The number of fused-ring (bicyclic) bond motifs is 2. The summed E-state index contributed by atoms with van der Waals surface area (Å²) in [5, 5.41) is 1.40. The van der Waals surface area contributed by atoms with Crippen LogP contribution >= 0.6 is 11.6 Å². The minimum absolute atomic E-state index is 0.363. The number of nitrogens with zero attached hydrogens (tertiary/aromatic N) is 3. The lowest BCUT2D eigenvalue weighted by Gasteiger charge is -2.12. The largest absolute Gasteiger partial charge is 0.264 e. The van der Waals surface area contributed by atoms with Crippen LogP contribution in [0.1, 0.15) is 16.7 Å². The predicted octanol–water partition coefficient (Wildman–Crippen LogP) is 5.47. The predicted molar refractivity (Wildman–Crippen MR) is 105 cm³/mol. The van der Waals surface area contributed by atoms with Gasteiger partial charge in [0, 0.05) is 34.6 Å². The van der Waals surface area contributed by atoms with E-state index < -0.39 is 0 Å². The van der Waals surface area contributed by atoms with Gasteiger partial charge in [-0.05, 0) is 71.1 Å². The van der Waals surface area contributed by atoms with Crippen LogP contribution in [0, 0.1) is 5.82 Å². The van der Waals surface area contributed by atoms with Gasteiger partial charge in [0.2, 0.25) is 0 Å². The first kappa shape index (κ1) is 16.1. The second-order valence-corrected chi connectivity index (χ2v) is 6.84. The van der Waals surface area contributed by atoms with Gasteiger partial charge in [-0.2, -0.15) is 0 Å². The molecule has 5 heteroatoms. The number of aromatic nitrogens is 3. The van der Waals surface area contributed by atoms with E-state index in [-0.39, 0.29) is 5.82 Å². The van der Waals surface area contributed by atoms with Crippen molar-refractivity contribution >= 4 is 28.2 Å². The van der Waals surface area contributed by atoms with Crippen LogP contribution in [0.4, 0.5) is 4.39 Å². The Morgan fingerprint density at radius 2 is 1.89 bits per heavy atom. The lowest BCUT2D eigenvalue weighted by molar-refractivity contribution is 0.631. The van der Waals surface area contributed by atoms with Crippen molar-refractivity contribution in [1.29, 1.82) is 0 Å². The van der Waals surface area contributed by atoms with Crippen LogP contribution in [0.25, 0.3) is 27.9 Å². The summed E-state index contributed by atoms with van der Waals surface area (Å²) in [5.41, 5.74) is 5.84. The molecule has 0 atom stereocenters. The average molecular weight is 374 g/mol. The number of benzene rings is 1. The van der Waals surface area contributed by atoms with Crippen LogP contribution in [0.15, 0.2) is 67.1 Å². The van der Waals surface area contributed by atoms with Gasteiger partial charge < -0.3 is 0 Å². The summed E-state index contributed by atoms with van der Waals surface area (Å²) in [6, 6.07) is 12.3. The van der Waals surface area contributed by atoms with Gasteiger partial charge in [-0.3, -0.25) is 4.98 Å². The van der Waals surface area contributed by atoms with Gasteiger partial charge in [0.15, 0.2) is 5.65 Å². The number of hydrogen-bond acceptors (Lipinski definition) is 3. The Hall–Kier alpha value is -3.11. The number of hydrogen-bond donors (Lipinski definition) is 0. The maximum atomic E-state index is 14.5. The van der Waals surface area contributed by atoms with Gasteiger partial charge >= 0.3 is 0 Å². The number of halogens is 2. The average Bonchev–Trinajstić information content (AvgIpc) is 3.13. The van der Waals surface area contributed by atoms with E-state index in [2.05, 4.69) is 21.0 Å². The molecule has 5 rings (SSSR count). The van der Waals surface area contributed by atoms with Crippen molar-refractivity contribution in [3.8, 4) is 11.3 Å². The Bertz CT molecular complexity index is 1230. The van der Waals surface area contributed by atoms with Crippen LogP contribution < -0.4 is 0 Å². The van der Waals surface area contributed by atoms with E-state index in [4.69, 9.17) is 11.6 Å². The molecule has 1 aliphatic rings. The molecular formula is C22H13ClFN3. The summed E-state index contributed by atoms with van der Waals surface area (Å²) >= 11 is 6.09. The Balaban J connectivity index is 1.79. The van der Waals surface area contributed by atoms with Crippen molar-refractivity contribution in [3.05, 3.63) is 94.7 Å². The van der Waals surface area contributed by atoms with Crippen LogP contribution in [0.2, 0.25) is 5.02 Å². The molecule has 0 spiro atoms. The molecule has 0 N–H and O–H groups in total. The Kier molecular flexibility index (Phi) is 3.73. The van der Waals surface area contributed by atoms with E-state index in [1.165, 1.54) is 17.7 Å². The molecule has 0 unspecified atom stereocenters. The van der Waals surface area contributed by atoms with Crippen molar-refractivity contribution in [3.63, 3.8) is 0 Å². The minimum atomic E-state index is -0.363. The molecular weight excluding hydrogens is 361 g/mol. The molecule has 3 aromatic heterocycles. The van der Waals surface area contributed by atoms with E-state index >= 15 is 0 Å². The molecule has 0 aliphatic heterocycles. The molecule has 0 saturated heterocycles. The fourth-order valence-corrected chi connectivity index (χ4v) is 3.71. The molecule has 3 nitrogen and oxygen atoms in total. The minimum Gasteiger partial charge on any atom is -0.264 e. The lowest BCUT2D eigenvalue weighted by atomic mass is 9.96. The molecule has 1 aromatic carbocycles. The molecule has 0 radical (unpaired) electrons. The van der Waals surface area contributed by atoms with E-state index in [1.807, 2.05) is 30.5 Å². The SMILES string of the molecule is Fc1ccc(Cl)cc1-c1cc(C2=CCc3cnccc32)c2cccnc2n1. The monoisotopic (exact) mass is 373 g/mol. The van der Waals surface area contributed by atoms with Crippen molar-refractivity contribution in [2.24, 2.45) is 0 Å². The number of rotatable bonds is 2. The first-order valence-electron chi connectivity index (χ1n) is 8.56. The maximum absolute atomic E-state index is 14.5. The highest BCUT2D eigenvalue weighted by Crippen LogP contribution is 2.37. The van der Waals surface area contributed by atoms with Crippen LogP contribution in [0.3, 0.4) is 0 Å². The van der Waals surface area contributed by atoms with E-state index in [0.717, 1.165) is 28.5 Å². The second kappa shape index (κ2) is 6.25. The Morgan fingerprint density at radius 3 is 2.81 bits per heavy atom. The summed E-state index contributed by atoms with van der Waals surface area (Å²) in [6.45, 7) is 0.